The van der Waals surface area contributed by atoms with E-state index in [1.807, 2.05) is 13.8 Å². The lowest BCUT2D eigenvalue weighted by molar-refractivity contribution is 0.0300. The maximum atomic E-state index is 11.4. The molecule has 1 aromatic heterocycles. The molecule has 0 spiro atoms. The number of ether oxygens (including phenoxy) is 1. The molecule has 4 heteroatoms. The highest BCUT2D eigenvalue weighted by Gasteiger charge is 2.12. The van der Waals surface area contributed by atoms with Gasteiger partial charge in [0.15, 0.2) is 5.43 Å². The van der Waals surface area contributed by atoms with Crippen LogP contribution in [-0.4, -0.2) is 30.4 Å². The van der Waals surface area contributed by atoms with Crippen LogP contribution in [0, 0.1) is 13.8 Å². The fraction of sp³-hybridized carbons (Fsp3) is 0.667. The lowest BCUT2D eigenvalue weighted by atomic mass is 10.1. The Labute approximate surface area is 114 Å². The van der Waals surface area contributed by atoms with Crippen LogP contribution < -0.4 is 10.7 Å². The number of hydrogen-bond acceptors (Lipinski definition) is 3. The van der Waals surface area contributed by atoms with E-state index < -0.39 is 0 Å². The summed E-state index contributed by atoms with van der Waals surface area (Å²) >= 11 is 0. The number of hydrogen-bond donors (Lipinski definition) is 1. The minimum Gasteiger partial charge on any atom is -0.378 e. The summed E-state index contributed by atoms with van der Waals surface area (Å²) in [6, 6.07) is 3.39. The van der Waals surface area contributed by atoms with Crippen LogP contribution >= 0.6 is 0 Å². The fourth-order valence-corrected chi connectivity index (χ4v) is 2.67. The van der Waals surface area contributed by atoms with Crippen molar-refractivity contribution in [2.24, 2.45) is 0 Å². The summed E-state index contributed by atoms with van der Waals surface area (Å²) in [6.45, 7) is 7.84. The van der Waals surface area contributed by atoms with Gasteiger partial charge >= 0.3 is 0 Å². The van der Waals surface area contributed by atoms with Gasteiger partial charge in [0, 0.05) is 36.7 Å². The highest BCUT2D eigenvalue weighted by Crippen LogP contribution is 2.08. The van der Waals surface area contributed by atoms with E-state index in [1.54, 1.807) is 12.1 Å². The number of nitrogens with zero attached hydrogens (tertiary/aromatic N) is 1. The monoisotopic (exact) mass is 264 g/mol. The third kappa shape index (κ3) is 4.18. The molecule has 0 radical (unpaired) electrons. The maximum absolute atomic E-state index is 11.4. The van der Waals surface area contributed by atoms with Gasteiger partial charge in [-0.25, -0.2) is 0 Å². The van der Waals surface area contributed by atoms with Crippen molar-refractivity contribution in [1.82, 2.24) is 9.88 Å². The number of piperidine rings is 1. The summed E-state index contributed by atoms with van der Waals surface area (Å²) in [4.78, 5) is 11.4. The molecule has 1 N–H and O–H groups in total. The first-order chi connectivity index (χ1) is 9.16. The summed E-state index contributed by atoms with van der Waals surface area (Å²) in [5.41, 5.74) is 2.16. The molecule has 19 heavy (non-hydrogen) atoms. The number of rotatable bonds is 5. The molecule has 0 amide bonds. The molecule has 1 saturated heterocycles. The Morgan fingerprint density at radius 2 is 1.89 bits per heavy atom. The number of aromatic nitrogens is 1. The van der Waals surface area contributed by atoms with E-state index in [2.05, 4.69) is 9.88 Å². The standard InChI is InChI=1S/C15H24N2O2/c1-12-10-14(18)11-13(2)17(12)8-3-9-19-15-4-6-16-7-5-15/h10-11,15-16H,3-9H2,1-2H3. The predicted molar refractivity (Wildman–Crippen MR) is 76.6 cm³/mol. The maximum Gasteiger partial charge on any atom is 0.182 e. The SMILES string of the molecule is Cc1cc(=O)cc(C)n1CCCOC1CCNCC1. The van der Waals surface area contributed by atoms with Crippen LogP contribution in [0.25, 0.3) is 0 Å². The Balaban J connectivity index is 1.78. The van der Waals surface area contributed by atoms with Gasteiger partial charge in [-0.05, 0) is 46.2 Å². The second-order valence-corrected chi connectivity index (χ2v) is 5.30. The van der Waals surface area contributed by atoms with E-state index in [1.165, 1.54) is 0 Å². The lowest BCUT2D eigenvalue weighted by Gasteiger charge is -2.23. The zero-order chi connectivity index (χ0) is 13.7. The quantitative estimate of drug-likeness (QED) is 0.822. The van der Waals surface area contributed by atoms with Crippen LogP contribution in [0.5, 0.6) is 0 Å². The highest BCUT2D eigenvalue weighted by atomic mass is 16.5. The molecule has 1 aromatic rings. The zero-order valence-corrected chi connectivity index (χ0v) is 11.9. The van der Waals surface area contributed by atoms with Crippen LogP contribution in [0.1, 0.15) is 30.7 Å². The molecule has 106 valence electrons. The van der Waals surface area contributed by atoms with Gasteiger partial charge in [-0.3, -0.25) is 4.79 Å². The van der Waals surface area contributed by atoms with Crippen LogP contribution in [0.3, 0.4) is 0 Å². The van der Waals surface area contributed by atoms with E-state index in [4.69, 9.17) is 4.74 Å². The molecule has 0 atom stereocenters. The second kappa shape index (κ2) is 6.87. The van der Waals surface area contributed by atoms with Gasteiger partial charge in [0.1, 0.15) is 0 Å². The first-order valence-electron chi connectivity index (χ1n) is 7.17. The predicted octanol–water partition coefficient (Wildman–Crippen LogP) is 1.62. The zero-order valence-electron chi connectivity index (χ0n) is 11.9. The number of aryl methyl sites for hydroxylation is 2. The van der Waals surface area contributed by atoms with E-state index in [0.29, 0.717) is 6.10 Å². The van der Waals surface area contributed by atoms with Crippen molar-refractivity contribution in [2.75, 3.05) is 19.7 Å². The number of pyridine rings is 1. The van der Waals surface area contributed by atoms with Gasteiger partial charge < -0.3 is 14.6 Å². The smallest absolute Gasteiger partial charge is 0.182 e. The van der Waals surface area contributed by atoms with E-state index in [-0.39, 0.29) is 5.43 Å². The second-order valence-electron chi connectivity index (χ2n) is 5.30. The van der Waals surface area contributed by atoms with Crippen molar-refractivity contribution in [3.63, 3.8) is 0 Å². The van der Waals surface area contributed by atoms with Gasteiger partial charge in [-0.15, -0.1) is 0 Å². The summed E-state index contributed by atoms with van der Waals surface area (Å²) in [5.74, 6) is 0. The van der Waals surface area contributed by atoms with Crippen molar-refractivity contribution in [3.8, 4) is 0 Å². The lowest BCUT2D eigenvalue weighted by Crippen LogP contribution is -2.32. The van der Waals surface area contributed by atoms with Crippen LogP contribution in [-0.2, 0) is 11.3 Å². The van der Waals surface area contributed by atoms with Gasteiger partial charge in [-0.2, -0.15) is 0 Å². The molecule has 1 aliphatic heterocycles. The molecule has 0 saturated carbocycles. The van der Waals surface area contributed by atoms with E-state index >= 15 is 0 Å². The molecule has 1 fully saturated rings. The fourth-order valence-electron chi connectivity index (χ4n) is 2.67. The average Bonchev–Trinajstić information content (AvgIpc) is 2.38. The molecule has 1 aliphatic rings. The van der Waals surface area contributed by atoms with Gasteiger partial charge in [0.2, 0.25) is 0 Å². The van der Waals surface area contributed by atoms with Crippen LogP contribution in [0.4, 0.5) is 0 Å². The Kier molecular flexibility index (Phi) is 5.16. The third-order valence-electron chi connectivity index (χ3n) is 3.72. The van der Waals surface area contributed by atoms with E-state index in [0.717, 1.165) is 56.9 Å². The molecule has 0 unspecified atom stereocenters. The normalized spacial score (nSPS) is 16.7. The van der Waals surface area contributed by atoms with E-state index in [9.17, 15) is 4.79 Å². The Bertz CT molecular complexity index is 435. The average molecular weight is 264 g/mol. The summed E-state index contributed by atoms with van der Waals surface area (Å²) < 4.78 is 8.08. The summed E-state index contributed by atoms with van der Waals surface area (Å²) in [6.07, 6.45) is 3.66. The molecule has 2 heterocycles. The Morgan fingerprint density at radius 3 is 2.53 bits per heavy atom. The number of nitrogens with one attached hydrogen (secondary N) is 1. The Morgan fingerprint density at radius 1 is 1.26 bits per heavy atom. The largest absolute Gasteiger partial charge is 0.378 e. The Hall–Kier alpha value is -1.13. The van der Waals surface area contributed by atoms with Crippen molar-refractivity contribution in [2.45, 2.75) is 45.8 Å². The first-order valence-corrected chi connectivity index (χ1v) is 7.17. The van der Waals surface area contributed by atoms with Gasteiger partial charge in [0.25, 0.3) is 0 Å². The molecule has 4 nitrogen and oxygen atoms in total. The topological polar surface area (TPSA) is 43.3 Å². The van der Waals surface area contributed by atoms with Crippen molar-refractivity contribution in [1.29, 1.82) is 0 Å². The van der Waals surface area contributed by atoms with Crippen molar-refractivity contribution >= 4 is 0 Å². The van der Waals surface area contributed by atoms with Crippen LogP contribution in [0.15, 0.2) is 16.9 Å². The highest BCUT2D eigenvalue weighted by molar-refractivity contribution is 5.12. The molecule has 0 aliphatic carbocycles. The van der Waals surface area contributed by atoms with Crippen LogP contribution in [0.2, 0.25) is 0 Å². The molecule has 0 aromatic carbocycles. The molecular weight excluding hydrogens is 240 g/mol. The van der Waals surface area contributed by atoms with Crippen molar-refractivity contribution in [3.05, 3.63) is 33.7 Å². The molecular formula is C15H24N2O2. The third-order valence-corrected chi connectivity index (χ3v) is 3.72. The summed E-state index contributed by atoms with van der Waals surface area (Å²) in [5, 5.41) is 3.34. The molecule has 0 bridgehead atoms. The molecule has 2 rings (SSSR count). The first kappa shape index (κ1) is 14.3. The van der Waals surface area contributed by atoms with Gasteiger partial charge in [0.05, 0.1) is 6.10 Å². The minimum atomic E-state index is 0.0946. The van der Waals surface area contributed by atoms with Gasteiger partial charge in [-0.1, -0.05) is 0 Å². The van der Waals surface area contributed by atoms with Crippen molar-refractivity contribution < 1.29 is 4.74 Å². The minimum absolute atomic E-state index is 0.0946. The summed E-state index contributed by atoms with van der Waals surface area (Å²) in [7, 11) is 0.